The Hall–Kier alpha value is -3.27. The van der Waals surface area contributed by atoms with Gasteiger partial charge in [0.25, 0.3) is 0 Å². The average molecular weight is 330 g/mol. The van der Waals surface area contributed by atoms with Crippen LogP contribution < -0.4 is 5.73 Å². The second kappa shape index (κ2) is 7.09. The summed E-state index contributed by atoms with van der Waals surface area (Å²) < 4.78 is 0. The van der Waals surface area contributed by atoms with Crippen molar-refractivity contribution in [1.29, 1.82) is 0 Å². The van der Waals surface area contributed by atoms with Gasteiger partial charge >= 0.3 is 0 Å². The molecule has 2 aromatic rings. The summed E-state index contributed by atoms with van der Waals surface area (Å²) in [6, 6.07) is 12.8. The number of carbonyl (C=O) groups excluding carboxylic acids is 2. The lowest BCUT2D eigenvalue weighted by atomic mass is 9.88. The normalized spacial score (nSPS) is 13.2. The first kappa shape index (κ1) is 16.6. The van der Waals surface area contributed by atoms with Crippen LogP contribution in [-0.2, 0) is 0 Å². The topological polar surface area (TPSA) is 72.5 Å². The summed E-state index contributed by atoms with van der Waals surface area (Å²) in [6.07, 6.45) is 7.06. The fourth-order valence-electron chi connectivity index (χ4n) is 2.92. The smallest absolute Gasteiger partial charge is 0.248 e. The number of allylic oxidation sites excluding steroid dienone is 3. The van der Waals surface area contributed by atoms with E-state index in [4.69, 9.17) is 5.73 Å². The first-order chi connectivity index (χ1) is 12.1. The van der Waals surface area contributed by atoms with Gasteiger partial charge in [0.15, 0.2) is 5.78 Å². The van der Waals surface area contributed by atoms with Crippen molar-refractivity contribution in [2.24, 2.45) is 10.7 Å². The fraction of sp³-hybridized carbons (Fsp3) is 0.0952. The zero-order valence-electron chi connectivity index (χ0n) is 13.9. The summed E-state index contributed by atoms with van der Waals surface area (Å²) in [5.41, 5.74) is 9.24. The Labute approximate surface area is 146 Å². The molecule has 0 unspecified atom stereocenters. The average Bonchev–Trinajstić information content (AvgIpc) is 2.90. The molecule has 4 nitrogen and oxygen atoms in total. The van der Waals surface area contributed by atoms with E-state index in [1.54, 1.807) is 24.4 Å². The van der Waals surface area contributed by atoms with Crippen LogP contribution in [0.3, 0.4) is 0 Å². The van der Waals surface area contributed by atoms with Crippen LogP contribution in [-0.4, -0.2) is 24.4 Å². The van der Waals surface area contributed by atoms with E-state index in [2.05, 4.69) is 4.99 Å². The molecule has 3 rings (SSSR count). The van der Waals surface area contributed by atoms with Crippen molar-refractivity contribution in [3.63, 3.8) is 0 Å². The van der Waals surface area contributed by atoms with Crippen LogP contribution in [0.25, 0.3) is 11.1 Å². The third-order valence-corrected chi connectivity index (χ3v) is 4.15. The van der Waals surface area contributed by atoms with Gasteiger partial charge in [-0.05, 0) is 41.8 Å². The van der Waals surface area contributed by atoms with Gasteiger partial charge < -0.3 is 5.73 Å². The number of nitrogens with two attached hydrogens (primary N) is 1. The number of primary amides is 1. The number of amides is 1. The first-order valence-electron chi connectivity index (χ1n) is 7.99. The number of ketones is 1. The highest BCUT2D eigenvalue weighted by Crippen LogP contribution is 2.31. The molecular weight excluding hydrogens is 312 g/mol. The lowest BCUT2D eigenvalue weighted by Gasteiger charge is -2.15. The van der Waals surface area contributed by atoms with Crippen LogP contribution in [0.2, 0.25) is 0 Å². The Balaban J connectivity index is 2.21. The van der Waals surface area contributed by atoms with Gasteiger partial charge in [0.05, 0.1) is 6.54 Å². The van der Waals surface area contributed by atoms with E-state index in [-0.39, 0.29) is 5.78 Å². The van der Waals surface area contributed by atoms with E-state index in [1.807, 2.05) is 49.4 Å². The molecule has 1 amide bonds. The standard InChI is InChI=1S/C21H18N2O2/c1-14-17(21(22)25)10-11-18(19(14)15-7-3-2-4-8-15)20(24)16-9-5-6-12-23-13-16/h2-11,13H,12H2,1H3,(H2,22,25). The summed E-state index contributed by atoms with van der Waals surface area (Å²) >= 11 is 0. The van der Waals surface area contributed by atoms with Crippen LogP contribution in [0.15, 0.2) is 71.3 Å². The third kappa shape index (κ3) is 3.33. The third-order valence-electron chi connectivity index (χ3n) is 4.15. The molecule has 1 aliphatic heterocycles. The van der Waals surface area contributed by atoms with Gasteiger partial charge in [-0.1, -0.05) is 42.5 Å². The van der Waals surface area contributed by atoms with Crippen molar-refractivity contribution < 1.29 is 9.59 Å². The minimum Gasteiger partial charge on any atom is -0.366 e. The Kier molecular flexibility index (Phi) is 4.70. The highest BCUT2D eigenvalue weighted by Gasteiger charge is 2.21. The number of carbonyl (C=O) groups is 2. The van der Waals surface area contributed by atoms with Crippen molar-refractivity contribution in [3.8, 4) is 11.1 Å². The van der Waals surface area contributed by atoms with E-state index in [9.17, 15) is 9.59 Å². The summed E-state index contributed by atoms with van der Waals surface area (Å²) in [5.74, 6) is -0.639. The van der Waals surface area contributed by atoms with Crippen molar-refractivity contribution in [1.82, 2.24) is 0 Å². The minimum atomic E-state index is -0.508. The van der Waals surface area contributed by atoms with E-state index in [1.165, 1.54) is 0 Å². The van der Waals surface area contributed by atoms with E-state index in [0.717, 1.165) is 11.1 Å². The van der Waals surface area contributed by atoms with Gasteiger partial charge in [0, 0.05) is 22.9 Å². The monoisotopic (exact) mass is 330 g/mol. The molecule has 0 aromatic heterocycles. The van der Waals surface area contributed by atoms with Gasteiger partial charge in [-0.15, -0.1) is 0 Å². The molecule has 0 radical (unpaired) electrons. The number of Topliss-reactive ketones (excluding diaryl/α,β-unsaturated/α-hetero) is 1. The predicted octanol–water partition coefficient (Wildman–Crippen LogP) is 3.51. The van der Waals surface area contributed by atoms with Crippen LogP contribution in [0.1, 0.15) is 26.3 Å². The summed E-state index contributed by atoms with van der Waals surface area (Å²) in [4.78, 5) is 29.0. The maximum atomic E-state index is 13.1. The lowest BCUT2D eigenvalue weighted by Crippen LogP contribution is -2.15. The van der Waals surface area contributed by atoms with Gasteiger partial charge in [-0.3, -0.25) is 14.6 Å². The number of hydrogen-bond acceptors (Lipinski definition) is 3. The minimum absolute atomic E-state index is 0.131. The molecule has 0 aliphatic carbocycles. The Morgan fingerprint density at radius 1 is 1.04 bits per heavy atom. The summed E-state index contributed by atoms with van der Waals surface area (Å²) in [5, 5.41) is 0. The number of rotatable bonds is 4. The molecule has 0 spiro atoms. The summed E-state index contributed by atoms with van der Waals surface area (Å²) in [6.45, 7) is 2.37. The molecule has 1 heterocycles. The second-order valence-corrected chi connectivity index (χ2v) is 5.76. The van der Waals surface area contributed by atoms with E-state index < -0.39 is 5.91 Å². The number of benzene rings is 2. The van der Waals surface area contributed by atoms with Crippen LogP contribution in [0.5, 0.6) is 0 Å². The quantitative estimate of drug-likeness (QED) is 0.871. The molecule has 124 valence electrons. The van der Waals surface area contributed by atoms with E-state index in [0.29, 0.717) is 28.8 Å². The zero-order valence-corrected chi connectivity index (χ0v) is 13.9. The van der Waals surface area contributed by atoms with Crippen LogP contribution in [0.4, 0.5) is 0 Å². The zero-order chi connectivity index (χ0) is 17.8. The largest absolute Gasteiger partial charge is 0.366 e. The van der Waals surface area contributed by atoms with Gasteiger partial charge in [-0.2, -0.15) is 0 Å². The summed E-state index contributed by atoms with van der Waals surface area (Å²) in [7, 11) is 0. The molecular formula is C21H18N2O2. The molecule has 0 atom stereocenters. The molecule has 0 fully saturated rings. The van der Waals surface area contributed by atoms with Crippen molar-refractivity contribution in [2.75, 3.05) is 6.54 Å². The number of hydrogen-bond donors (Lipinski definition) is 1. The van der Waals surface area contributed by atoms with Gasteiger partial charge in [0.2, 0.25) is 5.91 Å². The van der Waals surface area contributed by atoms with Crippen LogP contribution in [0, 0.1) is 6.92 Å². The molecule has 0 saturated heterocycles. The Bertz CT molecular complexity index is 922. The fourth-order valence-corrected chi connectivity index (χ4v) is 2.92. The van der Waals surface area contributed by atoms with Crippen molar-refractivity contribution in [2.45, 2.75) is 6.92 Å². The van der Waals surface area contributed by atoms with Crippen molar-refractivity contribution in [3.05, 3.63) is 83.0 Å². The maximum absolute atomic E-state index is 13.1. The second-order valence-electron chi connectivity index (χ2n) is 5.76. The Morgan fingerprint density at radius 2 is 1.76 bits per heavy atom. The SMILES string of the molecule is Cc1c(C(N)=O)ccc(C(=O)C2=CC=CCN=C2)c1-c1ccccc1. The molecule has 25 heavy (non-hydrogen) atoms. The molecule has 4 heteroatoms. The highest BCUT2D eigenvalue weighted by atomic mass is 16.1. The highest BCUT2D eigenvalue weighted by molar-refractivity contribution is 6.24. The molecule has 2 N–H and O–H groups in total. The maximum Gasteiger partial charge on any atom is 0.248 e. The predicted molar refractivity (Wildman–Crippen MR) is 100 cm³/mol. The van der Waals surface area contributed by atoms with Crippen LogP contribution >= 0.6 is 0 Å². The van der Waals surface area contributed by atoms with Gasteiger partial charge in [-0.25, -0.2) is 0 Å². The molecule has 0 bridgehead atoms. The lowest BCUT2D eigenvalue weighted by molar-refractivity contribution is 0.0996. The molecule has 0 saturated carbocycles. The Morgan fingerprint density at radius 3 is 2.48 bits per heavy atom. The van der Waals surface area contributed by atoms with E-state index >= 15 is 0 Å². The molecule has 2 aromatic carbocycles. The number of aliphatic imine (C=N–C) groups is 1. The van der Waals surface area contributed by atoms with Crippen molar-refractivity contribution >= 4 is 17.9 Å². The molecule has 1 aliphatic rings. The van der Waals surface area contributed by atoms with Gasteiger partial charge in [0.1, 0.15) is 0 Å². The number of nitrogens with zero attached hydrogens (tertiary/aromatic N) is 1. The first-order valence-corrected chi connectivity index (χ1v) is 7.99.